The lowest BCUT2D eigenvalue weighted by molar-refractivity contribution is 0.134. The summed E-state index contributed by atoms with van der Waals surface area (Å²) >= 11 is 0. The van der Waals surface area contributed by atoms with Crippen molar-refractivity contribution in [2.24, 2.45) is 5.92 Å². The van der Waals surface area contributed by atoms with E-state index in [9.17, 15) is 0 Å². The average molecular weight is 240 g/mol. The molecule has 2 heterocycles. The van der Waals surface area contributed by atoms with Crippen LogP contribution in [0.25, 0.3) is 0 Å². The van der Waals surface area contributed by atoms with Crippen LogP contribution < -0.4 is 5.32 Å². The van der Waals surface area contributed by atoms with E-state index >= 15 is 0 Å². The second-order valence-corrected chi connectivity index (χ2v) is 5.79. The third kappa shape index (κ3) is 4.54. The van der Waals surface area contributed by atoms with E-state index in [1.54, 1.807) is 0 Å². The van der Waals surface area contributed by atoms with E-state index < -0.39 is 0 Å². The number of likely N-dealkylation sites (tertiary alicyclic amines) is 1. The fraction of sp³-hybridized carbons (Fsp3) is 1.00. The smallest absolute Gasteiger partial charge is 0.0504 e. The minimum Gasteiger partial charge on any atom is -0.314 e. The summed E-state index contributed by atoms with van der Waals surface area (Å²) in [4.78, 5) is 7.50. The van der Waals surface area contributed by atoms with E-state index in [4.69, 9.17) is 0 Å². The highest BCUT2D eigenvalue weighted by molar-refractivity contribution is 4.74. The first-order valence-corrected chi connectivity index (χ1v) is 7.04. The fourth-order valence-electron chi connectivity index (χ4n) is 2.93. The Morgan fingerprint density at radius 1 is 1.24 bits per heavy atom. The summed E-state index contributed by atoms with van der Waals surface area (Å²) in [5.74, 6) is 0.936. The highest BCUT2D eigenvalue weighted by Gasteiger charge is 2.19. The van der Waals surface area contributed by atoms with E-state index in [1.807, 2.05) is 0 Å². The monoisotopic (exact) mass is 240 g/mol. The van der Waals surface area contributed by atoms with Gasteiger partial charge >= 0.3 is 0 Å². The lowest BCUT2D eigenvalue weighted by atomic mass is 10.1. The molecule has 4 heteroatoms. The zero-order chi connectivity index (χ0) is 12.1. The van der Waals surface area contributed by atoms with Gasteiger partial charge in [-0.2, -0.15) is 0 Å². The highest BCUT2D eigenvalue weighted by atomic mass is 15.3. The third-order valence-electron chi connectivity index (χ3n) is 4.06. The van der Waals surface area contributed by atoms with Crippen molar-refractivity contribution in [1.29, 1.82) is 0 Å². The number of nitrogens with zero attached hydrogens (tertiary/aromatic N) is 3. The first-order valence-electron chi connectivity index (χ1n) is 7.04. The Labute approximate surface area is 106 Å². The highest BCUT2D eigenvalue weighted by Crippen LogP contribution is 2.17. The molecule has 0 spiro atoms. The van der Waals surface area contributed by atoms with Gasteiger partial charge in [-0.3, -0.25) is 9.80 Å². The standard InChI is InChI=1S/C13H28N4/c1-15-7-3-13(11-15)4-8-16(2)12-17-9-5-14-6-10-17/h13-14H,3-12H2,1-2H3. The molecule has 2 saturated heterocycles. The normalized spacial score (nSPS) is 28.1. The van der Waals surface area contributed by atoms with Gasteiger partial charge in [-0.1, -0.05) is 0 Å². The molecule has 2 aliphatic rings. The molecular formula is C13H28N4. The largest absolute Gasteiger partial charge is 0.314 e. The Morgan fingerprint density at radius 2 is 2.00 bits per heavy atom. The van der Waals surface area contributed by atoms with Gasteiger partial charge in [-0.25, -0.2) is 0 Å². The van der Waals surface area contributed by atoms with Gasteiger partial charge in [-0.05, 0) is 45.9 Å². The summed E-state index contributed by atoms with van der Waals surface area (Å²) in [7, 11) is 4.51. The Morgan fingerprint density at radius 3 is 2.65 bits per heavy atom. The van der Waals surface area contributed by atoms with Crippen molar-refractivity contribution in [3.63, 3.8) is 0 Å². The van der Waals surface area contributed by atoms with Crippen LogP contribution in [0.5, 0.6) is 0 Å². The molecular weight excluding hydrogens is 212 g/mol. The summed E-state index contributed by atoms with van der Waals surface area (Å²) in [5.41, 5.74) is 0. The molecule has 4 nitrogen and oxygen atoms in total. The molecule has 2 fully saturated rings. The van der Waals surface area contributed by atoms with Crippen molar-refractivity contribution < 1.29 is 0 Å². The second kappa shape index (κ2) is 6.69. The van der Waals surface area contributed by atoms with Crippen LogP contribution in [0.2, 0.25) is 0 Å². The van der Waals surface area contributed by atoms with Gasteiger partial charge in [0.05, 0.1) is 6.67 Å². The van der Waals surface area contributed by atoms with Crippen LogP contribution in [0, 0.1) is 5.92 Å². The van der Waals surface area contributed by atoms with Gasteiger partial charge in [0.1, 0.15) is 0 Å². The molecule has 0 bridgehead atoms. The summed E-state index contributed by atoms with van der Waals surface area (Å²) < 4.78 is 0. The maximum atomic E-state index is 3.40. The minimum absolute atomic E-state index is 0.936. The topological polar surface area (TPSA) is 21.8 Å². The number of piperazine rings is 1. The van der Waals surface area contributed by atoms with Crippen LogP contribution in [-0.4, -0.2) is 81.3 Å². The summed E-state index contributed by atoms with van der Waals surface area (Å²) in [6, 6.07) is 0. The molecule has 0 aromatic rings. The van der Waals surface area contributed by atoms with Crippen LogP contribution in [-0.2, 0) is 0 Å². The van der Waals surface area contributed by atoms with Crippen LogP contribution in [0.1, 0.15) is 12.8 Å². The first-order chi connectivity index (χ1) is 8.24. The maximum absolute atomic E-state index is 3.40. The minimum atomic E-state index is 0.936. The predicted octanol–water partition coefficient (Wildman–Crippen LogP) is 0.123. The van der Waals surface area contributed by atoms with Gasteiger partial charge in [-0.15, -0.1) is 0 Å². The Kier molecular flexibility index (Phi) is 5.22. The SMILES string of the molecule is CN1CCC(CCN(C)CN2CCNCC2)C1. The van der Waals surface area contributed by atoms with Gasteiger partial charge in [0.2, 0.25) is 0 Å². The molecule has 2 rings (SSSR count). The van der Waals surface area contributed by atoms with Gasteiger partial charge < -0.3 is 10.2 Å². The van der Waals surface area contributed by atoms with Crippen LogP contribution in [0.4, 0.5) is 0 Å². The van der Waals surface area contributed by atoms with Crippen molar-refractivity contribution in [2.75, 3.05) is 66.6 Å². The molecule has 0 radical (unpaired) electrons. The summed E-state index contributed by atoms with van der Waals surface area (Å²) in [6.45, 7) is 9.72. The molecule has 0 saturated carbocycles. The molecule has 1 unspecified atom stereocenters. The lowest BCUT2D eigenvalue weighted by Gasteiger charge is -2.31. The van der Waals surface area contributed by atoms with Crippen molar-refractivity contribution in [3.05, 3.63) is 0 Å². The van der Waals surface area contributed by atoms with Gasteiger partial charge in [0.15, 0.2) is 0 Å². The van der Waals surface area contributed by atoms with Crippen LogP contribution in [0.15, 0.2) is 0 Å². The third-order valence-corrected chi connectivity index (χ3v) is 4.06. The number of nitrogens with one attached hydrogen (secondary N) is 1. The molecule has 1 atom stereocenters. The van der Waals surface area contributed by atoms with E-state index in [2.05, 4.69) is 34.1 Å². The quantitative estimate of drug-likeness (QED) is 0.737. The molecule has 100 valence electrons. The lowest BCUT2D eigenvalue weighted by Crippen LogP contribution is -2.47. The van der Waals surface area contributed by atoms with Crippen molar-refractivity contribution in [1.82, 2.24) is 20.0 Å². The summed E-state index contributed by atoms with van der Waals surface area (Å²) in [6.07, 6.45) is 2.77. The van der Waals surface area contributed by atoms with E-state index in [0.29, 0.717) is 0 Å². The van der Waals surface area contributed by atoms with E-state index in [1.165, 1.54) is 45.6 Å². The zero-order valence-corrected chi connectivity index (χ0v) is 11.5. The summed E-state index contributed by atoms with van der Waals surface area (Å²) in [5, 5.41) is 3.40. The Bertz CT molecular complexity index is 215. The van der Waals surface area contributed by atoms with Gasteiger partial charge in [0.25, 0.3) is 0 Å². The fourth-order valence-corrected chi connectivity index (χ4v) is 2.93. The zero-order valence-electron chi connectivity index (χ0n) is 11.5. The Hall–Kier alpha value is -0.160. The van der Waals surface area contributed by atoms with Gasteiger partial charge in [0, 0.05) is 32.7 Å². The number of rotatable bonds is 5. The molecule has 0 aromatic heterocycles. The molecule has 2 aliphatic heterocycles. The van der Waals surface area contributed by atoms with E-state index in [-0.39, 0.29) is 0 Å². The van der Waals surface area contributed by atoms with Crippen molar-refractivity contribution in [2.45, 2.75) is 12.8 Å². The molecule has 1 N–H and O–H groups in total. The molecule has 0 amide bonds. The second-order valence-electron chi connectivity index (χ2n) is 5.79. The average Bonchev–Trinajstić information content (AvgIpc) is 2.74. The van der Waals surface area contributed by atoms with E-state index in [0.717, 1.165) is 25.7 Å². The van der Waals surface area contributed by atoms with Crippen LogP contribution >= 0.6 is 0 Å². The molecule has 0 aromatic carbocycles. The number of hydrogen-bond acceptors (Lipinski definition) is 4. The molecule has 17 heavy (non-hydrogen) atoms. The van der Waals surface area contributed by atoms with Crippen LogP contribution in [0.3, 0.4) is 0 Å². The predicted molar refractivity (Wildman–Crippen MR) is 72.2 cm³/mol. The molecule has 0 aliphatic carbocycles. The Balaban J connectivity index is 1.58. The van der Waals surface area contributed by atoms with Crippen molar-refractivity contribution in [3.8, 4) is 0 Å². The maximum Gasteiger partial charge on any atom is 0.0504 e. The van der Waals surface area contributed by atoms with Crippen molar-refractivity contribution >= 4 is 0 Å². The first kappa shape index (κ1) is 13.3. The number of hydrogen-bond donors (Lipinski definition) is 1.